The summed E-state index contributed by atoms with van der Waals surface area (Å²) in [7, 11) is -1.02. The van der Waals surface area contributed by atoms with Crippen LogP contribution in [-0.4, -0.2) is 4.21 Å². The molecule has 0 radical (unpaired) electrons. The van der Waals surface area contributed by atoms with Crippen molar-refractivity contribution in [1.82, 2.24) is 0 Å². The maximum absolute atomic E-state index is 12.5. The van der Waals surface area contributed by atoms with E-state index < -0.39 is 10.8 Å². The SMILES string of the molecule is O=S(Cc1cccc(Br)c1)c1ccc2ccccc2c1. The first kappa shape index (κ1) is 13.5. The molecule has 0 saturated heterocycles. The molecule has 3 aromatic rings. The topological polar surface area (TPSA) is 17.1 Å². The molecule has 0 bridgehead atoms. The lowest BCUT2D eigenvalue weighted by atomic mass is 10.1. The van der Waals surface area contributed by atoms with Crippen molar-refractivity contribution < 1.29 is 4.21 Å². The number of fused-ring (bicyclic) bond motifs is 1. The van der Waals surface area contributed by atoms with E-state index in [1.807, 2.05) is 54.6 Å². The Morgan fingerprint density at radius 2 is 1.65 bits per heavy atom. The Balaban J connectivity index is 1.88. The Bertz CT molecular complexity index is 783. The van der Waals surface area contributed by atoms with E-state index in [9.17, 15) is 4.21 Å². The molecule has 0 aliphatic rings. The van der Waals surface area contributed by atoms with E-state index in [0.717, 1.165) is 20.3 Å². The fourth-order valence-electron chi connectivity index (χ4n) is 2.17. The van der Waals surface area contributed by atoms with Crippen LogP contribution in [0.3, 0.4) is 0 Å². The van der Waals surface area contributed by atoms with Crippen LogP contribution in [0.4, 0.5) is 0 Å². The van der Waals surface area contributed by atoms with Gasteiger partial charge in [0.2, 0.25) is 0 Å². The number of benzene rings is 3. The van der Waals surface area contributed by atoms with E-state index in [2.05, 4.69) is 28.1 Å². The third-order valence-corrected chi connectivity index (χ3v) is 5.04. The summed E-state index contributed by atoms with van der Waals surface area (Å²) in [5, 5.41) is 2.31. The van der Waals surface area contributed by atoms with Crippen LogP contribution >= 0.6 is 15.9 Å². The van der Waals surface area contributed by atoms with Gasteiger partial charge < -0.3 is 0 Å². The van der Waals surface area contributed by atoms with E-state index in [4.69, 9.17) is 0 Å². The molecule has 0 N–H and O–H groups in total. The standard InChI is InChI=1S/C17H13BrOS/c18-16-7-3-4-13(10-16)12-20(19)17-9-8-14-5-1-2-6-15(14)11-17/h1-11H,12H2. The van der Waals surface area contributed by atoms with Crippen molar-refractivity contribution in [2.24, 2.45) is 0 Å². The van der Waals surface area contributed by atoms with Crippen LogP contribution in [0.2, 0.25) is 0 Å². The van der Waals surface area contributed by atoms with Crippen molar-refractivity contribution in [3.8, 4) is 0 Å². The van der Waals surface area contributed by atoms with Gasteiger partial charge in [0, 0.05) is 9.37 Å². The Hall–Kier alpha value is -1.45. The molecular formula is C17H13BrOS. The monoisotopic (exact) mass is 344 g/mol. The highest BCUT2D eigenvalue weighted by Gasteiger charge is 2.06. The minimum atomic E-state index is -1.02. The Kier molecular flexibility index (Phi) is 3.99. The van der Waals surface area contributed by atoms with Crippen LogP contribution in [-0.2, 0) is 16.6 Å². The molecule has 0 spiro atoms. The molecular weight excluding hydrogens is 332 g/mol. The molecule has 0 heterocycles. The van der Waals surface area contributed by atoms with Gasteiger partial charge in [0.05, 0.1) is 16.6 Å². The van der Waals surface area contributed by atoms with Gasteiger partial charge in [0.15, 0.2) is 0 Å². The summed E-state index contributed by atoms with van der Waals surface area (Å²) in [4.78, 5) is 0.878. The smallest absolute Gasteiger partial charge is 0.0574 e. The van der Waals surface area contributed by atoms with Crippen molar-refractivity contribution >= 4 is 37.5 Å². The second kappa shape index (κ2) is 5.90. The van der Waals surface area contributed by atoms with Gasteiger partial charge in [0.1, 0.15) is 0 Å². The first-order valence-corrected chi connectivity index (χ1v) is 8.45. The summed E-state index contributed by atoms with van der Waals surface area (Å²) in [5.74, 6) is 0.539. The van der Waals surface area contributed by atoms with Gasteiger partial charge in [-0.05, 0) is 40.6 Å². The fraction of sp³-hybridized carbons (Fsp3) is 0.0588. The molecule has 1 unspecified atom stereocenters. The van der Waals surface area contributed by atoms with Crippen LogP contribution in [0.1, 0.15) is 5.56 Å². The molecule has 0 aliphatic heterocycles. The van der Waals surface area contributed by atoms with Crippen LogP contribution in [0.25, 0.3) is 10.8 Å². The lowest BCUT2D eigenvalue weighted by Gasteiger charge is -2.05. The van der Waals surface area contributed by atoms with Gasteiger partial charge >= 0.3 is 0 Å². The lowest BCUT2D eigenvalue weighted by molar-refractivity contribution is 0.682. The first-order valence-electron chi connectivity index (χ1n) is 6.34. The molecule has 1 nitrogen and oxygen atoms in total. The highest BCUT2D eigenvalue weighted by atomic mass is 79.9. The Morgan fingerprint density at radius 3 is 2.45 bits per heavy atom. The third kappa shape index (κ3) is 3.00. The molecule has 0 amide bonds. The van der Waals surface area contributed by atoms with Gasteiger partial charge in [-0.25, -0.2) is 0 Å². The molecule has 20 heavy (non-hydrogen) atoms. The normalized spacial score (nSPS) is 12.4. The summed E-state index contributed by atoms with van der Waals surface area (Å²) in [6, 6.07) is 22.1. The number of hydrogen-bond acceptors (Lipinski definition) is 1. The molecule has 0 saturated carbocycles. The van der Waals surface area contributed by atoms with Crippen LogP contribution in [0.15, 0.2) is 76.1 Å². The first-order chi connectivity index (χ1) is 9.72. The predicted molar refractivity (Wildman–Crippen MR) is 88.2 cm³/mol. The van der Waals surface area contributed by atoms with Crippen molar-refractivity contribution in [3.63, 3.8) is 0 Å². The summed E-state index contributed by atoms with van der Waals surface area (Å²) < 4.78 is 13.5. The van der Waals surface area contributed by atoms with E-state index >= 15 is 0 Å². The van der Waals surface area contributed by atoms with E-state index in [0.29, 0.717) is 5.75 Å². The zero-order valence-corrected chi connectivity index (χ0v) is 13.2. The van der Waals surface area contributed by atoms with Crippen LogP contribution in [0, 0.1) is 0 Å². The maximum atomic E-state index is 12.5. The van der Waals surface area contributed by atoms with Gasteiger partial charge in [-0.15, -0.1) is 0 Å². The minimum absolute atomic E-state index is 0.539. The van der Waals surface area contributed by atoms with E-state index in [-0.39, 0.29) is 0 Å². The highest BCUT2D eigenvalue weighted by molar-refractivity contribution is 9.10. The molecule has 100 valence electrons. The number of halogens is 1. The molecule has 0 aliphatic carbocycles. The average molecular weight is 345 g/mol. The molecule has 0 fully saturated rings. The average Bonchev–Trinajstić information content (AvgIpc) is 2.47. The zero-order chi connectivity index (χ0) is 13.9. The van der Waals surface area contributed by atoms with Gasteiger partial charge in [0.25, 0.3) is 0 Å². The van der Waals surface area contributed by atoms with E-state index in [1.165, 1.54) is 5.39 Å². The summed E-state index contributed by atoms with van der Waals surface area (Å²) in [5.41, 5.74) is 1.07. The highest BCUT2D eigenvalue weighted by Crippen LogP contribution is 2.20. The molecule has 0 aromatic heterocycles. The third-order valence-electron chi connectivity index (χ3n) is 3.17. The molecule has 3 rings (SSSR count). The van der Waals surface area contributed by atoms with Crippen molar-refractivity contribution in [2.75, 3.05) is 0 Å². The summed E-state index contributed by atoms with van der Waals surface area (Å²) in [6.45, 7) is 0. The second-order valence-corrected chi connectivity index (χ2v) is 7.00. The maximum Gasteiger partial charge on any atom is 0.0574 e. The summed E-state index contributed by atoms with van der Waals surface area (Å²) in [6.07, 6.45) is 0. The quantitative estimate of drug-likeness (QED) is 0.659. The largest absolute Gasteiger partial charge is 0.254 e. The Labute approximate surface area is 129 Å². The van der Waals surface area contributed by atoms with Crippen LogP contribution in [0.5, 0.6) is 0 Å². The molecule has 3 aromatic carbocycles. The van der Waals surface area contributed by atoms with Gasteiger partial charge in [-0.2, -0.15) is 0 Å². The van der Waals surface area contributed by atoms with E-state index in [1.54, 1.807) is 0 Å². The number of hydrogen-bond donors (Lipinski definition) is 0. The number of rotatable bonds is 3. The molecule has 3 heteroatoms. The minimum Gasteiger partial charge on any atom is -0.254 e. The van der Waals surface area contributed by atoms with Crippen LogP contribution < -0.4 is 0 Å². The van der Waals surface area contributed by atoms with Crippen molar-refractivity contribution in [2.45, 2.75) is 10.6 Å². The summed E-state index contributed by atoms with van der Waals surface area (Å²) >= 11 is 3.44. The van der Waals surface area contributed by atoms with Crippen molar-refractivity contribution in [1.29, 1.82) is 0 Å². The van der Waals surface area contributed by atoms with Crippen molar-refractivity contribution in [3.05, 3.63) is 76.8 Å². The van der Waals surface area contributed by atoms with Gasteiger partial charge in [-0.3, -0.25) is 4.21 Å². The predicted octanol–water partition coefficient (Wildman–Crippen LogP) is 4.91. The second-order valence-electron chi connectivity index (χ2n) is 4.63. The zero-order valence-electron chi connectivity index (χ0n) is 10.8. The molecule has 1 atom stereocenters. The lowest BCUT2D eigenvalue weighted by Crippen LogP contribution is -1.96. The van der Waals surface area contributed by atoms with Gasteiger partial charge in [-0.1, -0.05) is 58.4 Å². The Morgan fingerprint density at radius 1 is 0.850 bits per heavy atom. The fourth-order valence-corrected chi connectivity index (χ4v) is 3.74.